The number of aliphatic hydroxyl groups is 1. The highest BCUT2D eigenvalue weighted by atomic mass is 35.5. The zero-order valence-electron chi connectivity index (χ0n) is 15.3. The quantitative estimate of drug-likeness (QED) is 0.604. The standard InChI is InChI=1S/C19H28ClN3O3/c1-2-18(25)22-17-12-14(20)7-8-16(17)19(26)21-9-5-11-23-10-4-3-6-15(23)13-24/h7-8,12,15,24H,2-6,9-11,13H2,1H3,(H,21,26)(H,22,25)/t15-/m0/s1. The summed E-state index contributed by atoms with van der Waals surface area (Å²) >= 11 is 5.98. The third-order valence-corrected chi connectivity index (χ3v) is 4.92. The van der Waals surface area contributed by atoms with Crippen molar-refractivity contribution in [3.8, 4) is 0 Å². The number of likely N-dealkylation sites (tertiary alicyclic amines) is 1. The Hall–Kier alpha value is -1.63. The number of nitrogens with one attached hydrogen (secondary N) is 2. The number of benzene rings is 1. The lowest BCUT2D eigenvalue weighted by Gasteiger charge is -2.34. The van der Waals surface area contributed by atoms with Gasteiger partial charge in [-0.15, -0.1) is 0 Å². The predicted octanol–water partition coefficient (Wildman–Crippen LogP) is 2.66. The van der Waals surface area contributed by atoms with Gasteiger partial charge in [-0.3, -0.25) is 14.5 Å². The van der Waals surface area contributed by atoms with Crippen LogP contribution in [0.4, 0.5) is 5.69 Å². The molecule has 144 valence electrons. The van der Waals surface area contributed by atoms with E-state index >= 15 is 0 Å². The molecule has 6 nitrogen and oxygen atoms in total. The van der Waals surface area contributed by atoms with Crippen LogP contribution in [-0.2, 0) is 4.79 Å². The summed E-state index contributed by atoms with van der Waals surface area (Å²) < 4.78 is 0. The van der Waals surface area contributed by atoms with Crippen LogP contribution in [0.15, 0.2) is 18.2 Å². The first-order valence-electron chi connectivity index (χ1n) is 9.27. The molecule has 0 aliphatic carbocycles. The van der Waals surface area contributed by atoms with Crippen LogP contribution in [0.1, 0.15) is 49.4 Å². The molecule has 1 atom stereocenters. The molecule has 1 aliphatic rings. The first kappa shape index (κ1) is 20.7. The molecule has 0 spiro atoms. The van der Waals surface area contributed by atoms with Gasteiger partial charge in [0.15, 0.2) is 0 Å². The summed E-state index contributed by atoms with van der Waals surface area (Å²) in [7, 11) is 0. The number of anilines is 1. The van der Waals surface area contributed by atoms with Gasteiger partial charge in [-0.05, 0) is 44.0 Å². The molecule has 1 aromatic carbocycles. The maximum Gasteiger partial charge on any atom is 0.253 e. The fourth-order valence-corrected chi connectivity index (χ4v) is 3.37. The smallest absolute Gasteiger partial charge is 0.253 e. The molecule has 1 heterocycles. The average Bonchev–Trinajstić information content (AvgIpc) is 2.65. The van der Waals surface area contributed by atoms with E-state index in [4.69, 9.17) is 11.6 Å². The Labute approximate surface area is 159 Å². The number of piperidine rings is 1. The molecule has 1 aliphatic heterocycles. The van der Waals surface area contributed by atoms with Crippen LogP contribution >= 0.6 is 11.6 Å². The van der Waals surface area contributed by atoms with E-state index in [0.29, 0.717) is 29.2 Å². The van der Waals surface area contributed by atoms with Crippen molar-refractivity contribution in [2.24, 2.45) is 0 Å². The molecule has 26 heavy (non-hydrogen) atoms. The zero-order valence-corrected chi connectivity index (χ0v) is 16.0. The number of carbonyl (C=O) groups excluding carboxylic acids is 2. The van der Waals surface area contributed by atoms with E-state index in [0.717, 1.165) is 32.4 Å². The van der Waals surface area contributed by atoms with E-state index in [1.54, 1.807) is 25.1 Å². The number of carbonyl (C=O) groups is 2. The molecule has 0 aromatic heterocycles. The van der Waals surface area contributed by atoms with Crippen molar-refractivity contribution in [1.82, 2.24) is 10.2 Å². The largest absolute Gasteiger partial charge is 0.395 e. The lowest BCUT2D eigenvalue weighted by molar-refractivity contribution is -0.115. The van der Waals surface area contributed by atoms with Crippen molar-refractivity contribution in [3.63, 3.8) is 0 Å². The predicted molar refractivity (Wildman–Crippen MR) is 104 cm³/mol. The maximum absolute atomic E-state index is 12.5. The average molecular weight is 382 g/mol. The number of amides is 2. The zero-order chi connectivity index (χ0) is 18.9. The van der Waals surface area contributed by atoms with Crippen molar-refractivity contribution in [2.45, 2.75) is 45.1 Å². The number of halogens is 1. The normalized spacial score (nSPS) is 17.7. The third kappa shape index (κ3) is 5.97. The molecule has 1 saturated heterocycles. The molecule has 3 N–H and O–H groups in total. The van der Waals surface area contributed by atoms with Gasteiger partial charge >= 0.3 is 0 Å². The second-order valence-electron chi connectivity index (χ2n) is 6.57. The van der Waals surface area contributed by atoms with Gasteiger partial charge in [0.2, 0.25) is 5.91 Å². The van der Waals surface area contributed by atoms with Crippen molar-refractivity contribution in [2.75, 3.05) is 31.6 Å². The van der Waals surface area contributed by atoms with E-state index in [1.807, 2.05) is 0 Å². The maximum atomic E-state index is 12.5. The monoisotopic (exact) mass is 381 g/mol. The van der Waals surface area contributed by atoms with Gasteiger partial charge in [-0.1, -0.05) is 24.9 Å². The Bertz CT molecular complexity index is 624. The van der Waals surface area contributed by atoms with Gasteiger partial charge in [0.1, 0.15) is 0 Å². The molecule has 0 unspecified atom stereocenters. The van der Waals surface area contributed by atoms with Gasteiger partial charge in [-0.2, -0.15) is 0 Å². The minimum absolute atomic E-state index is 0.165. The molecular formula is C19H28ClN3O3. The van der Waals surface area contributed by atoms with E-state index in [9.17, 15) is 14.7 Å². The van der Waals surface area contributed by atoms with E-state index in [1.165, 1.54) is 6.42 Å². The van der Waals surface area contributed by atoms with Gasteiger partial charge in [0.05, 0.1) is 17.9 Å². The summed E-state index contributed by atoms with van der Waals surface area (Å²) in [5.74, 6) is -0.396. The summed E-state index contributed by atoms with van der Waals surface area (Å²) in [6, 6.07) is 5.09. The van der Waals surface area contributed by atoms with Crippen LogP contribution in [0.2, 0.25) is 5.02 Å². The summed E-state index contributed by atoms with van der Waals surface area (Å²) in [5, 5.41) is 15.5. The fourth-order valence-electron chi connectivity index (χ4n) is 3.20. The van der Waals surface area contributed by atoms with Crippen LogP contribution in [0.25, 0.3) is 0 Å². The lowest BCUT2D eigenvalue weighted by Crippen LogP contribution is -2.43. The Morgan fingerprint density at radius 1 is 1.35 bits per heavy atom. The minimum Gasteiger partial charge on any atom is -0.395 e. The highest BCUT2D eigenvalue weighted by Crippen LogP contribution is 2.21. The van der Waals surface area contributed by atoms with Crippen LogP contribution in [-0.4, -0.2) is 54.1 Å². The number of rotatable bonds is 8. The van der Waals surface area contributed by atoms with Gasteiger partial charge in [0.25, 0.3) is 5.91 Å². The highest BCUT2D eigenvalue weighted by Gasteiger charge is 2.21. The first-order valence-corrected chi connectivity index (χ1v) is 9.65. The molecule has 1 fully saturated rings. The molecule has 0 saturated carbocycles. The van der Waals surface area contributed by atoms with Crippen molar-refractivity contribution < 1.29 is 14.7 Å². The fraction of sp³-hybridized carbons (Fsp3) is 0.579. The second-order valence-corrected chi connectivity index (χ2v) is 7.01. The number of aliphatic hydroxyl groups excluding tert-OH is 1. The van der Waals surface area contributed by atoms with Gasteiger partial charge in [-0.25, -0.2) is 0 Å². The number of hydrogen-bond donors (Lipinski definition) is 3. The molecule has 2 amide bonds. The molecule has 2 rings (SSSR count). The van der Waals surface area contributed by atoms with Crippen LogP contribution in [0.3, 0.4) is 0 Å². The van der Waals surface area contributed by atoms with E-state index in [-0.39, 0.29) is 24.5 Å². The van der Waals surface area contributed by atoms with Crippen LogP contribution in [0.5, 0.6) is 0 Å². The van der Waals surface area contributed by atoms with E-state index < -0.39 is 0 Å². The topological polar surface area (TPSA) is 81.7 Å². The molecule has 7 heteroatoms. The Morgan fingerprint density at radius 3 is 2.88 bits per heavy atom. The third-order valence-electron chi connectivity index (χ3n) is 4.69. The van der Waals surface area contributed by atoms with E-state index in [2.05, 4.69) is 15.5 Å². The van der Waals surface area contributed by atoms with Gasteiger partial charge in [0, 0.05) is 30.6 Å². The Morgan fingerprint density at radius 2 is 2.15 bits per heavy atom. The van der Waals surface area contributed by atoms with Crippen molar-refractivity contribution >= 4 is 29.1 Å². The Balaban J connectivity index is 1.86. The molecular weight excluding hydrogens is 354 g/mol. The highest BCUT2D eigenvalue weighted by molar-refractivity contribution is 6.31. The van der Waals surface area contributed by atoms with Crippen molar-refractivity contribution in [1.29, 1.82) is 0 Å². The molecule has 1 aromatic rings. The SMILES string of the molecule is CCC(=O)Nc1cc(Cl)ccc1C(=O)NCCCN1CCCC[C@H]1CO. The van der Waals surface area contributed by atoms with Crippen LogP contribution in [0, 0.1) is 0 Å². The summed E-state index contributed by atoms with van der Waals surface area (Å²) in [6.07, 6.45) is 4.51. The summed E-state index contributed by atoms with van der Waals surface area (Å²) in [5.41, 5.74) is 0.834. The summed E-state index contributed by atoms with van der Waals surface area (Å²) in [4.78, 5) is 26.4. The van der Waals surface area contributed by atoms with Crippen molar-refractivity contribution in [3.05, 3.63) is 28.8 Å². The number of nitrogens with zero attached hydrogens (tertiary/aromatic N) is 1. The second kappa shape index (κ2) is 10.5. The Kier molecular flexibility index (Phi) is 8.35. The number of hydrogen-bond acceptors (Lipinski definition) is 4. The minimum atomic E-state index is -0.231. The lowest BCUT2D eigenvalue weighted by atomic mass is 10.0. The molecule has 0 radical (unpaired) electrons. The molecule has 0 bridgehead atoms. The van der Waals surface area contributed by atoms with Crippen LogP contribution < -0.4 is 10.6 Å². The van der Waals surface area contributed by atoms with Gasteiger partial charge < -0.3 is 15.7 Å². The summed E-state index contributed by atoms with van der Waals surface area (Å²) in [6.45, 7) is 4.34. The first-order chi connectivity index (χ1) is 12.5.